The van der Waals surface area contributed by atoms with E-state index in [9.17, 15) is 0 Å². The van der Waals surface area contributed by atoms with Crippen molar-refractivity contribution in [1.82, 2.24) is 19.9 Å². The van der Waals surface area contributed by atoms with Gasteiger partial charge in [0.15, 0.2) is 0 Å². The summed E-state index contributed by atoms with van der Waals surface area (Å²) in [5.41, 5.74) is 3.68. The van der Waals surface area contributed by atoms with Gasteiger partial charge in [0.05, 0.1) is 12.1 Å². The van der Waals surface area contributed by atoms with E-state index < -0.39 is 0 Å². The van der Waals surface area contributed by atoms with Crippen LogP contribution in [0.4, 0.5) is 34.9 Å². The number of hydrogen-bond acceptors (Lipinski definition) is 9. The fourth-order valence-corrected chi connectivity index (χ4v) is 4.10. The summed E-state index contributed by atoms with van der Waals surface area (Å²) in [5, 5.41) is 11.1. The van der Waals surface area contributed by atoms with Crippen molar-refractivity contribution in [2.24, 2.45) is 0 Å². The Kier molecular flexibility index (Phi) is 11.0. The molecular weight excluding hydrogens is 583 g/mol. The molecule has 3 N–H and O–H groups in total. The number of aryl methyl sites for hydroxylation is 2. The van der Waals surface area contributed by atoms with Gasteiger partial charge in [-0.3, -0.25) is 0 Å². The van der Waals surface area contributed by atoms with Crippen LogP contribution in [0.5, 0.6) is 5.75 Å². The highest BCUT2D eigenvalue weighted by molar-refractivity contribution is 6.32. The number of aromatic nitrogens is 4. The molecule has 0 aliphatic rings. The third-order valence-corrected chi connectivity index (χ3v) is 6.40. The van der Waals surface area contributed by atoms with Crippen molar-refractivity contribution in [1.29, 1.82) is 0 Å². The molecule has 11 heteroatoms. The van der Waals surface area contributed by atoms with Crippen molar-refractivity contribution in [2.45, 2.75) is 66.5 Å². The minimum Gasteiger partial charge on any atom is -0.495 e. The van der Waals surface area contributed by atoms with Crippen molar-refractivity contribution in [3.05, 3.63) is 76.0 Å². The molecule has 2 aromatic heterocycles. The summed E-state index contributed by atoms with van der Waals surface area (Å²) in [4.78, 5) is 19.8. The van der Waals surface area contributed by atoms with E-state index in [4.69, 9.17) is 27.9 Å². The Morgan fingerprint density at radius 2 is 1.33 bits per heavy atom. The van der Waals surface area contributed by atoms with E-state index in [-0.39, 0.29) is 11.1 Å². The second-order valence-electron chi connectivity index (χ2n) is 12.2. The molecule has 0 fully saturated rings. The van der Waals surface area contributed by atoms with Gasteiger partial charge in [0.2, 0.25) is 11.9 Å². The van der Waals surface area contributed by atoms with E-state index in [1.807, 2.05) is 74.5 Å². The van der Waals surface area contributed by atoms with Gasteiger partial charge in [-0.05, 0) is 91.8 Å². The molecule has 0 amide bonds. The van der Waals surface area contributed by atoms with Crippen LogP contribution in [0.3, 0.4) is 0 Å². The Balaban J connectivity index is 0.000000238. The molecule has 0 radical (unpaired) electrons. The lowest BCUT2D eigenvalue weighted by molar-refractivity contribution is 0.415. The van der Waals surface area contributed by atoms with E-state index >= 15 is 0 Å². The van der Waals surface area contributed by atoms with Crippen LogP contribution in [0.1, 0.15) is 52.7 Å². The molecule has 0 aliphatic heterocycles. The second-order valence-corrected chi connectivity index (χ2v) is 13.0. The zero-order valence-electron chi connectivity index (χ0n) is 26.6. The predicted octanol–water partition coefficient (Wildman–Crippen LogP) is 8.82. The summed E-state index contributed by atoms with van der Waals surface area (Å²) in [5.74, 6) is 3.46. The maximum absolute atomic E-state index is 6.10. The van der Waals surface area contributed by atoms with Gasteiger partial charge in [0.25, 0.3) is 0 Å². The monoisotopic (exact) mass is 624 g/mol. The maximum Gasteiger partial charge on any atom is 0.225 e. The molecule has 0 unspecified atom stereocenters. The van der Waals surface area contributed by atoms with Crippen LogP contribution in [0, 0.1) is 13.8 Å². The maximum atomic E-state index is 6.10. The van der Waals surface area contributed by atoms with Gasteiger partial charge in [-0.1, -0.05) is 23.2 Å². The van der Waals surface area contributed by atoms with Crippen LogP contribution >= 0.6 is 23.2 Å². The van der Waals surface area contributed by atoms with Crippen LogP contribution in [0.25, 0.3) is 0 Å². The van der Waals surface area contributed by atoms with Gasteiger partial charge in [0, 0.05) is 64.1 Å². The van der Waals surface area contributed by atoms with Gasteiger partial charge in [-0.2, -0.15) is 9.97 Å². The molecule has 0 aliphatic carbocycles. The molecule has 0 saturated carbocycles. The first kappa shape index (κ1) is 33.7. The van der Waals surface area contributed by atoms with E-state index in [0.717, 1.165) is 34.1 Å². The largest absolute Gasteiger partial charge is 0.495 e. The third kappa shape index (κ3) is 10.4. The minimum atomic E-state index is -0.103. The first-order chi connectivity index (χ1) is 20.0. The first-order valence-corrected chi connectivity index (χ1v) is 14.6. The number of methoxy groups -OCH3 is 1. The molecular formula is C32H42Cl2N8O. The standard InChI is InChI=1S/C17H23ClN4O.C15H19ClN4/c1-11-10-19-16(21-17(2,3)4)20-15(11)22(5)12-7-8-13(18)14(9-12)23-6;1-10-9-17-14(20-15(2,3)4)19-13(10)18-12-7-5-11(16)6-8-12/h7-10H,1-6H3,(H,19,20,21);5-9H,1-4H3,(H2,17,18,19,20). The SMILES string of the molecule is COc1cc(N(C)c2nc(NC(C)(C)C)ncc2C)ccc1Cl.Cc1cnc(NC(C)(C)C)nc1Nc1ccc(Cl)cc1. The number of benzene rings is 2. The second kappa shape index (κ2) is 14.1. The average molecular weight is 626 g/mol. The molecule has 4 rings (SSSR count). The van der Waals surface area contributed by atoms with Crippen LogP contribution in [-0.4, -0.2) is 45.2 Å². The van der Waals surface area contributed by atoms with Crippen LogP contribution in [0.15, 0.2) is 54.9 Å². The number of rotatable bonds is 7. The molecule has 2 heterocycles. The van der Waals surface area contributed by atoms with Crippen LogP contribution < -0.4 is 25.6 Å². The number of nitrogens with one attached hydrogen (secondary N) is 3. The van der Waals surface area contributed by atoms with Crippen LogP contribution in [0.2, 0.25) is 10.0 Å². The number of ether oxygens (including phenoxy) is 1. The number of halogens is 2. The summed E-state index contributed by atoms with van der Waals surface area (Å²) in [6.07, 6.45) is 3.62. The third-order valence-electron chi connectivity index (χ3n) is 5.84. The molecule has 9 nitrogen and oxygen atoms in total. The Hall–Kier alpha value is -3.82. The zero-order valence-corrected chi connectivity index (χ0v) is 28.1. The highest BCUT2D eigenvalue weighted by Crippen LogP contribution is 2.33. The quantitative estimate of drug-likeness (QED) is 0.186. The molecule has 230 valence electrons. The van der Waals surface area contributed by atoms with E-state index in [1.165, 1.54) is 0 Å². The summed E-state index contributed by atoms with van der Waals surface area (Å²) >= 11 is 12.0. The highest BCUT2D eigenvalue weighted by atomic mass is 35.5. The highest BCUT2D eigenvalue weighted by Gasteiger charge is 2.16. The molecule has 4 aromatic rings. The van der Waals surface area contributed by atoms with E-state index in [0.29, 0.717) is 27.7 Å². The lowest BCUT2D eigenvalue weighted by Crippen LogP contribution is -2.28. The van der Waals surface area contributed by atoms with Gasteiger partial charge < -0.3 is 25.6 Å². The summed E-state index contributed by atoms with van der Waals surface area (Å²) in [6.45, 7) is 16.4. The number of anilines is 6. The smallest absolute Gasteiger partial charge is 0.225 e. The van der Waals surface area contributed by atoms with Crippen LogP contribution in [-0.2, 0) is 0 Å². The lowest BCUT2D eigenvalue weighted by Gasteiger charge is -2.24. The summed E-state index contributed by atoms with van der Waals surface area (Å²) in [6, 6.07) is 13.2. The van der Waals surface area contributed by atoms with Crippen molar-refractivity contribution < 1.29 is 4.74 Å². The molecule has 0 saturated heterocycles. The van der Waals surface area contributed by atoms with Crippen molar-refractivity contribution in [3.63, 3.8) is 0 Å². The first-order valence-electron chi connectivity index (χ1n) is 13.9. The Bertz CT molecular complexity index is 1520. The van der Waals surface area contributed by atoms with E-state index in [2.05, 4.69) is 77.4 Å². The lowest BCUT2D eigenvalue weighted by atomic mass is 10.1. The average Bonchev–Trinajstić information content (AvgIpc) is 2.91. The predicted molar refractivity (Wildman–Crippen MR) is 181 cm³/mol. The van der Waals surface area contributed by atoms with Gasteiger partial charge in [-0.15, -0.1) is 0 Å². The normalized spacial score (nSPS) is 11.3. The fraction of sp³-hybridized carbons (Fsp3) is 0.375. The fourth-order valence-electron chi connectivity index (χ4n) is 3.78. The summed E-state index contributed by atoms with van der Waals surface area (Å²) < 4.78 is 5.29. The number of nitrogens with zero attached hydrogens (tertiary/aromatic N) is 5. The summed E-state index contributed by atoms with van der Waals surface area (Å²) in [7, 11) is 3.56. The Labute approximate surface area is 265 Å². The Morgan fingerprint density at radius 1 is 0.767 bits per heavy atom. The molecule has 0 spiro atoms. The molecule has 0 bridgehead atoms. The molecule has 2 aromatic carbocycles. The Morgan fingerprint density at radius 3 is 1.88 bits per heavy atom. The number of hydrogen-bond donors (Lipinski definition) is 3. The van der Waals surface area contributed by atoms with Crippen molar-refractivity contribution in [2.75, 3.05) is 35.0 Å². The van der Waals surface area contributed by atoms with Gasteiger partial charge in [0.1, 0.15) is 17.4 Å². The van der Waals surface area contributed by atoms with E-state index in [1.54, 1.807) is 13.3 Å². The van der Waals surface area contributed by atoms with Gasteiger partial charge in [-0.25, -0.2) is 9.97 Å². The van der Waals surface area contributed by atoms with Gasteiger partial charge >= 0.3 is 0 Å². The van der Waals surface area contributed by atoms with Crippen molar-refractivity contribution >= 4 is 58.1 Å². The minimum absolute atomic E-state index is 0.0766. The topological polar surface area (TPSA) is 100 Å². The molecule has 0 atom stereocenters. The zero-order chi connectivity index (χ0) is 31.9. The molecule has 43 heavy (non-hydrogen) atoms. The van der Waals surface area contributed by atoms with Crippen molar-refractivity contribution in [3.8, 4) is 5.75 Å².